The van der Waals surface area contributed by atoms with Gasteiger partial charge in [0.1, 0.15) is 6.04 Å². The van der Waals surface area contributed by atoms with Crippen LogP contribution in [0.2, 0.25) is 0 Å². The van der Waals surface area contributed by atoms with Crippen molar-refractivity contribution in [1.29, 1.82) is 0 Å². The number of nitrogens with zero attached hydrogens (tertiary/aromatic N) is 2. The molecule has 0 amide bonds. The second-order valence-corrected chi connectivity index (χ2v) is 9.59. The third-order valence-corrected chi connectivity index (χ3v) is 7.75. The smallest absolute Gasteiger partial charge is 0.323 e. The fourth-order valence-corrected chi connectivity index (χ4v) is 6.25. The van der Waals surface area contributed by atoms with E-state index in [1.165, 1.54) is 45.3 Å². The van der Waals surface area contributed by atoms with Crippen LogP contribution >= 0.6 is 11.3 Å². The lowest BCUT2D eigenvalue weighted by Gasteiger charge is -2.41. The van der Waals surface area contributed by atoms with Crippen molar-refractivity contribution in [3.8, 4) is 0 Å². The molecule has 2 aliphatic heterocycles. The number of para-hydroxylation sites is 1. The Balaban J connectivity index is 1.67. The molecule has 5 heteroatoms. The Morgan fingerprint density at radius 2 is 1.94 bits per heavy atom. The molecule has 2 aromatic carbocycles. The number of hydrogen-bond donors (Lipinski definition) is 0. The van der Waals surface area contributed by atoms with Gasteiger partial charge in [-0.15, -0.1) is 11.3 Å². The lowest BCUT2D eigenvalue weighted by Crippen LogP contribution is -2.48. The molecule has 2 aliphatic rings. The number of allylic oxidation sites excluding steroid dienone is 1. The van der Waals surface area contributed by atoms with Gasteiger partial charge in [0.05, 0.1) is 13.2 Å². The highest BCUT2D eigenvalue weighted by Crippen LogP contribution is 2.47. The van der Waals surface area contributed by atoms with Crippen molar-refractivity contribution in [1.82, 2.24) is 9.47 Å². The van der Waals surface area contributed by atoms with E-state index >= 15 is 0 Å². The zero-order valence-corrected chi connectivity index (χ0v) is 18.8. The third kappa shape index (κ3) is 2.81. The number of esters is 1. The zero-order chi connectivity index (χ0) is 21.8. The van der Waals surface area contributed by atoms with Crippen molar-refractivity contribution in [3.05, 3.63) is 99.9 Å². The quantitative estimate of drug-likeness (QED) is 0.399. The molecule has 0 N–H and O–H groups in total. The number of thiophene rings is 1. The molecule has 0 bridgehead atoms. The van der Waals surface area contributed by atoms with Gasteiger partial charge in [-0.05, 0) is 39.8 Å². The van der Waals surface area contributed by atoms with E-state index < -0.39 is 0 Å². The van der Waals surface area contributed by atoms with E-state index in [2.05, 4.69) is 82.1 Å². The van der Waals surface area contributed by atoms with E-state index in [0.717, 1.165) is 12.1 Å². The highest BCUT2D eigenvalue weighted by Gasteiger charge is 2.44. The van der Waals surface area contributed by atoms with Crippen molar-refractivity contribution >= 4 is 33.8 Å². The summed E-state index contributed by atoms with van der Waals surface area (Å²) in [5, 5.41) is 3.32. The SMILES string of the molecule is C=C1Cn2c3c(c4ccccc42)C[C@@H](C(=O)OC)N(Cc2cccs2)[C@@H]3c2ccccc21. The lowest BCUT2D eigenvalue weighted by molar-refractivity contribution is -0.148. The number of hydrogen-bond acceptors (Lipinski definition) is 4. The van der Waals surface area contributed by atoms with Crippen molar-refractivity contribution in [2.24, 2.45) is 0 Å². The fourth-order valence-electron chi connectivity index (χ4n) is 5.54. The Labute approximate surface area is 191 Å². The van der Waals surface area contributed by atoms with Gasteiger partial charge >= 0.3 is 5.97 Å². The molecule has 0 fully saturated rings. The van der Waals surface area contributed by atoms with Gasteiger partial charge < -0.3 is 9.30 Å². The first-order valence-corrected chi connectivity index (χ1v) is 11.8. The number of aromatic nitrogens is 1. The topological polar surface area (TPSA) is 34.5 Å². The van der Waals surface area contributed by atoms with E-state index in [4.69, 9.17) is 4.74 Å². The molecule has 0 saturated carbocycles. The average molecular weight is 441 g/mol. The number of rotatable bonds is 3. The molecule has 2 atom stereocenters. The van der Waals surface area contributed by atoms with Crippen LogP contribution in [-0.4, -0.2) is 28.6 Å². The van der Waals surface area contributed by atoms with Crippen molar-refractivity contribution in [3.63, 3.8) is 0 Å². The van der Waals surface area contributed by atoms with Crippen LogP contribution < -0.4 is 0 Å². The van der Waals surface area contributed by atoms with Gasteiger partial charge in [-0.1, -0.05) is 55.1 Å². The number of ether oxygens (including phenoxy) is 1. The molecule has 0 aliphatic carbocycles. The number of carbonyl (C=O) groups excluding carboxylic acids is 1. The van der Waals surface area contributed by atoms with Crippen LogP contribution in [0.1, 0.15) is 33.3 Å². The molecule has 6 rings (SSSR count). The molecular formula is C27H24N2O2S. The lowest BCUT2D eigenvalue weighted by atomic mass is 9.85. The molecule has 0 radical (unpaired) electrons. The summed E-state index contributed by atoms with van der Waals surface area (Å²) in [7, 11) is 1.49. The fraction of sp³-hybridized carbons (Fsp3) is 0.222. The van der Waals surface area contributed by atoms with Crippen LogP contribution in [0.25, 0.3) is 16.5 Å². The van der Waals surface area contributed by atoms with Crippen LogP contribution in [0.3, 0.4) is 0 Å². The molecule has 4 nitrogen and oxygen atoms in total. The predicted octanol–water partition coefficient (Wildman–Crippen LogP) is 5.42. The molecule has 2 aromatic heterocycles. The first-order chi connectivity index (χ1) is 15.7. The summed E-state index contributed by atoms with van der Waals surface area (Å²) in [4.78, 5) is 16.7. The first kappa shape index (κ1) is 19.5. The summed E-state index contributed by atoms with van der Waals surface area (Å²) in [5.41, 5.74) is 7.24. The zero-order valence-electron chi connectivity index (χ0n) is 18.0. The van der Waals surface area contributed by atoms with Crippen LogP contribution in [0.4, 0.5) is 0 Å². The van der Waals surface area contributed by atoms with Gasteiger partial charge in [-0.3, -0.25) is 9.69 Å². The molecule has 0 spiro atoms. The van der Waals surface area contributed by atoms with E-state index in [9.17, 15) is 4.79 Å². The standard InChI is InChI=1S/C27H24N2O2S/c1-17-15-28-23-12-6-5-10-20(23)22-14-24(27(30)31-2)29(16-18-8-7-13-32-18)25(26(22)28)21-11-4-3-9-19(17)21/h3-13,24-25H,1,14-16H2,2H3/t24-,25+/m0/s1. The summed E-state index contributed by atoms with van der Waals surface area (Å²) in [5.74, 6) is -0.176. The van der Waals surface area contributed by atoms with Crippen molar-refractivity contribution in [2.75, 3.05) is 7.11 Å². The summed E-state index contributed by atoms with van der Waals surface area (Å²) in [6, 6.07) is 20.9. The van der Waals surface area contributed by atoms with Crippen LogP contribution in [0, 0.1) is 0 Å². The van der Waals surface area contributed by atoms with E-state index in [1.54, 1.807) is 11.3 Å². The minimum absolute atomic E-state index is 0.0483. The molecule has 4 aromatic rings. The number of carbonyl (C=O) groups is 1. The Morgan fingerprint density at radius 3 is 2.75 bits per heavy atom. The largest absolute Gasteiger partial charge is 0.468 e. The van der Waals surface area contributed by atoms with Crippen LogP contribution in [0.5, 0.6) is 0 Å². The summed E-state index contributed by atoms with van der Waals surface area (Å²) >= 11 is 1.73. The first-order valence-electron chi connectivity index (χ1n) is 10.9. The predicted molar refractivity (Wildman–Crippen MR) is 129 cm³/mol. The second-order valence-electron chi connectivity index (χ2n) is 8.56. The highest BCUT2D eigenvalue weighted by molar-refractivity contribution is 7.09. The Kier molecular flexibility index (Phi) is 4.56. The molecule has 4 heterocycles. The maximum atomic E-state index is 13.1. The maximum Gasteiger partial charge on any atom is 0.323 e. The van der Waals surface area contributed by atoms with Gasteiger partial charge in [-0.2, -0.15) is 0 Å². The van der Waals surface area contributed by atoms with Gasteiger partial charge in [0, 0.05) is 41.0 Å². The summed E-state index contributed by atoms with van der Waals surface area (Å²) < 4.78 is 7.75. The Bertz CT molecular complexity index is 1350. The number of fused-ring (bicyclic) bond motifs is 5. The Hall–Kier alpha value is -3.15. The minimum atomic E-state index is -0.349. The minimum Gasteiger partial charge on any atom is -0.468 e. The second kappa shape index (κ2) is 7.47. The highest BCUT2D eigenvalue weighted by atomic mass is 32.1. The maximum absolute atomic E-state index is 13.1. The van der Waals surface area contributed by atoms with E-state index in [-0.39, 0.29) is 18.1 Å². The molecule has 0 saturated heterocycles. The van der Waals surface area contributed by atoms with E-state index in [1.807, 2.05) is 0 Å². The number of benzene rings is 2. The van der Waals surface area contributed by atoms with Crippen LogP contribution in [-0.2, 0) is 29.0 Å². The van der Waals surface area contributed by atoms with Crippen molar-refractivity contribution in [2.45, 2.75) is 31.6 Å². The molecule has 160 valence electrons. The van der Waals surface area contributed by atoms with Gasteiger partial charge in [0.2, 0.25) is 0 Å². The van der Waals surface area contributed by atoms with Gasteiger partial charge in [-0.25, -0.2) is 0 Å². The monoisotopic (exact) mass is 440 g/mol. The summed E-state index contributed by atoms with van der Waals surface area (Å²) in [6.07, 6.45) is 0.645. The molecular weight excluding hydrogens is 416 g/mol. The molecule has 32 heavy (non-hydrogen) atoms. The van der Waals surface area contributed by atoms with E-state index in [0.29, 0.717) is 13.0 Å². The van der Waals surface area contributed by atoms with Crippen molar-refractivity contribution < 1.29 is 9.53 Å². The number of methoxy groups -OCH3 is 1. The average Bonchev–Trinajstić information content (AvgIpc) is 3.41. The Morgan fingerprint density at radius 1 is 1.12 bits per heavy atom. The van der Waals surface area contributed by atoms with Crippen LogP contribution in [0.15, 0.2) is 72.6 Å². The molecule has 0 unspecified atom stereocenters. The summed E-state index contributed by atoms with van der Waals surface area (Å²) in [6.45, 7) is 5.91. The normalized spacial score (nSPS) is 20.0. The van der Waals surface area contributed by atoms with Gasteiger partial charge in [0.25, 0.3) is 0 Å². The van der Waals surface area contributed by atoms with Gasteiger partial charge in [0.15, 0.2) is 0 Å². The third-order valence-electron chi connectivity index (χ3n) is 6.89.